The number of aliphatic hydroxyl groups is 1. The summed E-state index contributed by atoms with van der Waals surface area (Å²) in [5.41, 5.74) is 7.68. The number of ether oxygens (including phenoxy) is 1. The standard InChI is InChI=1S/C12H17NO3/c1-2-9-5-3-6-10(11(9)13)12(15)16-8-4-7-14/h3,5-6,14H,2,4,7-8,13H2,1H3. The van der Waals surface area contributed by atoms with Crippen LogP contribution in [0.15, 0.2) is 18.2 Å². The molecule has 1 aromatic carbocycles. The van der Waals surface area contributed by atoms with Gasteiger partial charge in [0.25, 0.3) is 0 Å². The zero-order chi connectivity index (χ0) is 12.0. The molecule has 88 valence electrons. The fourth-order valence-electron chi connectivity index (χ4n) is 1.41. The number of para-hydroxylation sites is 1. The molecule has 0 fully saturated rings. The molecule has 0 bridgehead atoms. The summed E-state index contributed by atoms with van der Waals surface area (Å²) >= 11 is 0. The number of rotatable bonds is 5. The van der Waals surface area contributed by atoms with Crippen molar-refractivity contribution in [3.05, 3.63) is 29.3 Å². The number of benzene rings is 1. The summed E-state index contributed by atoms with van der Waals surface area (Å²) in [5, 5.41) is 8.57. The van der Waals surface area contributed by atoms with Crippen LogP contribution in [0.25, 0.3) is 0 Å². The van der Waals surface area contributed by atoms with Gasteiger partial charge in [-0.05, 0) is 18.1 Å². The lowest BCUT2D eigenvalue weighted by Crippen LogP contribution is -2.11. The van der Waals surface area contributed by atoms with Crippen molar-refractivity contribution in [3.8, 4) is 0 Å². The molecule has 1 rings (SSSR count). The summed E-state index contributed by atoms with van der Waals surface area (Å²) in [6.45, 7) is 2.20. The molecule has 0 saturated carbocycles. The van der Waals surface area contributed by atoms with E-state index in [-0.39, 0.29) is 13.2 Å². The Labute approximate surface area is 95.0 Å². The molecule has 3 N–H and O–H groups in total. The topological polar surface area (TPSA) is 72.5 Å². The first kappa shape index (κ1) is 12.5. The van der Waals surface area contributed by atoms with Crippen molar-refractivity contribution >= 4 is 11.7 Å². The highest BCUT2D eigenvalue weighted by Gasteiger charge is 2.12. The monoisotopic (exact) mass is 223 g/mol. The lowest BCUT2D eigenvalue weighted by Gasteiger charge is -2.09. The Bertz CT molecular complexity index is 363. The number of aryl methyl sites for hydroxylation is 1. The molecular weight excluding hydrogens is 206 g/mol. The van der Waals surface area contributed by atoms with Gasteiger partial charge in [0.2, 0.25) is 0 Å². The molecule has 0 aromatic heterocycles. The molecule has 16 heavy (non-hydrogen) atoms. The predicted octanol–water partition coefficient (Wildman–Crippen LogP) is 1.37. The normalized spacial score (nSPS) is 10.1. The second-order valence-electron chi connectivity index (χ2n) is 3.45. The molecule has 0 radical (unpaired) electrons. The number of esters is 1. The Morgan fingerprint density at radius 1 is 1.50 bits per heavy atom. The van der Waals surface area contributed by atoms with Crippen LogP contribution in [-0.2, 0) is 11.2 Å². The largest absolute Gasteiger partial charge is 0.462 e. The molecule has 0 unspecified atom stereocenters. The number of anilines is 1. The maximum Gasteiger partial charge on any atom is 0.340 e. The number of nitrogen functional groups attached to an aromatic ring is 1. The van der Waals surface area contributed by atoms with Crippen LogP contribution in [0.2, 0.25) is 0 Å². The van der Waals surface area contributed by atoms with E-state index in [4.69, 9.17) is 15.6 Å². The quantitative estimate of drug-likeness (QED) is 0.449. The van der Waals surface area contributed by atoms with E-state index in [1.807, 2.05) is 13.0 Å². The van der Waals surface area contributed by atoms with E-state index < -0.39 is 5.97 Å². The third-order valence-electron chi connectivity index (χ3n) is 2.33. The van der Waals surface area contributed by atoms with Gasteiger partial charge >= 0.3 is 5.97 Å². The molecule has 0 aliphatic rings. The van der Waals surface area contributed by atoms with Gasteiger partial charge in [-0.3, -0.25) is 0 Å². The summed E-state index contributed by atoms with van der Waals surface area (Å²) in [6, 6.07) is 5.33. The highest BCUT2D eigenvalue weighted by Crippen LogP contribution is 2.18. The van der Waals surface area contributed by atoms with Crippen LogP contribution < -0.4 is 5.73 Å². The minimum absolute atomic E-state index is 0.0117. The fourth-order valence-corrected chi connectivity index (χ4v) is 1.41. The Morgan fingerprint density at radius 3 is 2.88 bits per heavy atom. The predicted molar refractivity (Wildman–Crippen MR) is 62.2 cm³/mol. The molecule has 0 heterocycles. The van der Waals surface area contributed by atoms with E-state index >= 15 is 0 Å². The molecule has 0 aliphatic heterocycles. The van der Waals surface area contributed by atoms with E-state index in [0.29, 0.717) is 17.7 Å². The summed E-state index contributed by atoms with van der Waals surface area (Å²) in [4.78, 5) is 11.6. The van der Waals surface area contributed by atoms with E-state index in [1.165, 1.54) is 0 Å². The van der Waals surface area contributed by atoms with Crippen molar-refractivity contribution in [3.63, 3.8) is 0 Å². The Morgan fingerprint density at radius 2 is 2.25 bits per heavy atom. The first-order chi connectivity index (χ1) is 7.70. The second-order valence-corrected chi connectivity index (χ2v) is 3.45. The molecule has 0 aliphatic carbocycles. The lowest BCUT2D eigenvalue weighted by atomic mass is 10.1. The van der Waals surface area contributed by atoms with Gasteiger partial charge in [-0.25, -0.2) is 4.79 Å². The number of hydrogen-bond donors (Lipinski definition) is 2. The molecule has 4 heteroatoms. The van der Waals surface area contributed by atoms with Gasteiger partial charge < -0.3 is 15.6 Å². The summed E-state index contributed by atoms with van der Waals surface area (Å²) in [5.74, 6) is -0.429. The number of aliphatic hydroxyl groups excluding tert-OH is 1. The Balaban J connectivity index is 2.75. The van der Waals surface area contributed by atoms with E-state index in [1.54, 1.807) is 12.1 Å². The van der Waals surface area contributed by atoms with Crippen molar-refractivity contribution in [2.24, 2.45) is 0 Å². The second kappa shape index (κ2) is 6.12. The van der Waals surface area contributed by atoms with Crippen LogP contribution in [0, 0.1) is 0 Å². The van der Waals surface area contributed by atoms with Crippen LogP contribution in [0.1, 0.15) is 29.3 Å². The van der Waals surface area contributed by atoms with E-state index in [2.05, 4.69) is 0 Å². The minimum Gasteiger partial charge on any atom is -0.462 e. The van der Waals surface area contributed by atoms with Crippen molar-refractivity contribution in [1.29, 1.82) is 0 Å². The van der Waals surface area contributed by atoms with E-state index in [9.17, 15) is 4.79 Å². The molecular formula is C12H17NO3. The SMILES string of the molecule is CCc1cccc(C(=O)OCCCO)c1N. The average molecular weight is 223 g/mol. The number of carbonyl (C=O) groups is 1. The van der Waals surface area contributed by atoms with Crippen molar-refractivity contribution in [2.75, 3.05) is 18.9 Å². The van der Waals surface area contributed by atoms with Gasteiger partial charge in [-0.2, -0.15) is 0 Å². The maximum atomic E-state index is 11.6. The molecule has 0 atom stereocenters. The third kappa shape index (κ3) is 2.97. The smallest absolute Gasteiger partial charge is 0.340 e. The van der Waals surface area contributed by atoms with Gasteiger partial charge in [0.05, 0.1) is 12.2 Å². The number of hydrogen-bond acceptors (Lipinski definition) is 4. The molecule has 0 saturated heterocycles. The van der Waals surface area contributed by atoms with Crippen LogP contribution in [0.5, 0.6) is 0 Å². The van der Waals surface area contributed by atoms with Crippen LogP contribution >= 0.6 is 0 Å². The Kier molecular flexibility index (Phi) is 4.79. The summed E-state index contributed by atoms with van der Waals surface area (Å²) < 4.78 is 4.97. The van der Waals surface area contributed by atoms with Gasteiger partial charge in [0.15, 0.2) is 0 Å². The highest BCUT2D eigenvalue weighted by molar-refractivity contribution is 5.95. The number of carbonyl (C=O) groups excluding carboxylic acids is 1. The summed E-state index contributed by atoms with van der Waals surface area (Å²) in [6.07, 6.45) is 1.22. The molecule has 0 amide bonds. The lowest BCUT2D eigenvalue weighted by molar-refractivity contribution is 0.0483. The van der Waals surface area contributed by atoms with Gasteiger partial charge in [-0.1, -0.05) is 19.1 Å². The minimum atomic E-state index is -0.429. The van der Waals surface area contributed by atoms with Gasteiger partial charge in [0.1, 0.15) is 0 Å². The fraction of sp³-hybridized carbons (Fsp3) is 0.417. The van der Waals surface area contributed by atoms with Crippen LogP contribution in [-0.4, -0.2) is 24.3 Å². The van der Waals surface area contributed by atoms with Crippen molar-refractivity contribution < 1.29 is 14.6 Å². The average Bonchev–Trinajstić information content (AvgIpc) is 2.29. The maximum absolute atomic E-state index is 11.6. The van der Waals surface area contributed by atoms with Crippen LogP contribution in [0.3, 0.4) is 0 Å². The highest BCUT2D eigenvalue weighted by atomic mass is 16.5. The molecule has 0 spiro atoms. The Hall–Kier alpha value is -1.55. The van der Waals surface area contributed by atoms with E-state index in [0.717, 1.165) is 12.0 Å². The zero-order valence-corrected chi connectivity index (χ0v) is 9.40. The first-order valence-electron chi connectivity index (χ1n) is 5.36. The third-order valence-corrected chi connectivity index (χ3v) is 2.33. The van der Waals surface area contributed by atoms with Crippen molar-refractivity contribution in [1.82, 2.24) is 0 Å². The summed E-state index contributed by atoms with van der Waals surface area (Å²) in [7, 11) is 0. The van der Waals surface area contributed by atoms with Crippen LogP contribution in [0.4, 0.5) is 5.69 Å². The molecule has 4 nitrogen and oxygen atoms in total. The zero-order valence-electron chi connectivity index (χ0n) is 9.40. The first-order valence-corrected chi connectivity index (χ1v) is 5.36. The number of nitrogens with two attached hydrogens (primary N) is 1. The van der Waals surface area contributed by atoms with Crippen molar-refractivity contribution in [2.45, 2.75) is 19.8 Å². The molecule has 1 aromatic rings. The van der Waals surface area contributed by atoms with Gasteiger partial charge in [-0.15, -0.1) is 0 Å². The van der Waals surface area contributed by atoms with Gasteiger partial charge in [0, 0.05) is 18.7 Å².